The average molecular weight is 450 g/mol. The normalized spacial score (nSPS) is 21.3. The standard InChI is InChI=1S/C28H35NO2S/c1-4-5-11-23-12-6-7-13-25(20-23)26-16-17-27(22(3)19-26)32(30,31)29-18-9-15-24-14-8-10-21(2)28(24)29/h4,8,10-11,14,16-17,19,23,25H,6-7,9,12-13,15,18,20H2,1-3H3. The molecule has 3 nitrogen and oxygen atoms in total. The number of hydrogen-bond donors (Lipinski definition) is 0. The van der Waals surface area contributed by atoms with E-state index >= 15 is 0 Å². The molecule has 1 heterocycles. The highest BCUT2D eigenvalue weighted by Crippen LogP contribution is 2.38. The number of hydrogen-bond acceptors (Lipinski definition) is 2. The van der Waals surface area contributed by atoms with Gasteiger partial charge >= 0.3 is 0 Å². The monoisotopic (exact) mass is 449 g/mol. The highest BCUT2D eigenvalue weighted by atomic mass is 32.2. The summed E-state index contributed by atoms with van der Waals surface area (Å²) >= 11 is 0. The summed E-state index contributed by atoms with van der Waals surface area (Å²) in [5.41, 5.74) is 8.44. The first-order chi connectivity index (χ1) is 15.4. The van der Waals surface area contributed by atoms with Gasteiger partial charge in [-0.1, -0.05) is 43.2 Å². The van der Waals surface area contributed by atoms with Crippen molar-refractivity contribution in [2.45, 2.75) is 76.5 Å². The predicted molar refractivity (Wildman–Crippen MR) is 133 cm³/mol. The Labute approximate surface area is 193 Å². The van der Waals surface area contributed by atoms with Crippen molar-refractivity contribution >= 4 is 15.7 Å². The lowest BCUT2D eigenvalue weighted by Gasteiger charge is -2.32. The number of anilines is 1. The minimum atomic E-state index is -3.59. The van der Waals surface area contributed by atoms with Crippen molar-refractivity contribution in [3.05, 3.63) is 76.5 Å². The zero-order valence-corrected chi connectivity index (χ0v) is 20.4. The second-order valence-corrected chi connectivity index (χ2v) is 11.2. The van der Waals surface area contributed by atoms with Crippen molar-refractivity contribution in [3.8, 4) is 0 Å². The number of allylic oxidation sites excluding steroid dienone is 1. The fourth-order valence-electron chi connectivity index (χ4n) is 5.46. The zero-order chi connectivity index (χ0) is 22.7. The van der Waals surface area contributed by atoms with Crippen molar-refractivity contribution in [3.63, 3.8) is 0 Å². The summed E-state index contributed by atoms with van der Waals surface area (Å²) in [7, 11) is -3.59. The van der Waals surface area contributed by atoms with Gasteiger partial charge in [-0.3, -0.25) is 4.31 Å². The van der Waals surface area contributed by atoms with Crippen LogP contribution in [0.15, 0.2) is 59.2 Å². The van der Waals surface area contributed by atoms with Crippen LogP contribution in [0.25, 0.3) is 0 Å². The number of aryl methyl sites for hydroxylation is 3. The van der Waals surface area contributed by atoms with E-state index in [1.807, 2.05) is 45.0 Å². The maximum Gasteiger partial charge on any atom is 0.264 e. The van der Waals surface area contributed by atoms with Gasteiger partial charge in [0.15, 0.2) is 0 Å². The molecule has 2 aromatic rings. The molecule has 4 heteroatoms. The molecule has 1 saturated carbocycles. The van der Waals surface area contributed by atoms with Crippen LogP contribution in [0.1, 0.15) is 73.6 Å². The molecule has 0 amide bonds. The topological polar surface area (TPSA) is 37.4 Å². The van der Waals surface area contributed by atoms with Crippen LogP contribution in [0, 0.1) is 19.8 Å². The van der Waals surface area contributed by atoms with Crippen LogP contribution in [0.5, 0.6) is 0 Å². The molecule has 2 atom stereocenters. The van der Waals surface area contributed by atoms with Crippen molar-refractivity contribution in [2.24, 2.45) is 5.92 Å². The SMILES string of the molecule is CC=C=CC1CCCCC(c2ccc(S(=O)(=O)N3CCCc4cccc(C)c43)c(C)c2)C1. The van der Waals surface area contributed by atoms with E-state index in [4.69, 9.17) is 0 Å². The predicted octanol–water partition coefficient (Wildman–Crippen LogP) is 6.84. The number of nitrogens with zero attached hydrogens (tertiary/aromatic N) is 1. The Balaban J connectivity index is 1.65. The number of sulfonamides is 1. The maximum absolute atomic E-state index is 13.7. The van der Waals surface area contributed by atoms with Crippen molar-refractivity contribution in [2.75, 3.05) is 10.8 Å². The first-order valence-corrected chi connectivity index (χ1v) is 13.4. The van der Waals surface area contributed by atoms with E-state index in [1.165, 1.54) is 31.2 Å². The molecule has 1 aliphatic carbocycles. The molecule has 0 radical (unpaired) electrons. The van der Waals surface area contributed by atoms with Gasteiger partial charge in [-0.25, -0.2) is 8.42 Å². The van der Waals surface area contributed by atoms with E-state index in [-0.39, 0.29) is 0 Å². The third kappa shape index (κ3) is 4.58. The maximum atomic E-state index is 13.7. The van der Waals surface area contributed by atoms with E-state index in [0.29, 0.717) is 23.3 Å². The molecule has 2 aliphatic rings. The van der Waals surface area contributed by atoms with Crippen LogP contribution in [0.4, 0.5) is 5.69 Å². The summed E-state index contributed by atoms with van der Waals surface area (Å²) in [5, 5.41) is 0. The van der Waals surface area contributed by atoms with E-state index in [9.17, 15) is 8.42 Å². The first-order valence-electron chi connectivity index (χ1n) is 12.0. The van der Waals surface area contributed by atoms with Crippen LogP contribution in [-0.4, -0.2) is 15.0 Å². The van der Waals surface area contributed by atoms with E-state index in [0.717, 1.165) is 41.6 Å². The summed E-state index contributed by atoms with van der Waals surface area (Å²) in [4.78, 5) is 0.441. The lowest BCUT2D eigenvalue weighted by molar-refractivity contribution is 0.515. The molecule has 1 aliphatic heterocycles. The molecule has 0 N–H and O–H groups in total. The number of benzene rings is 2. The minimum absolute atomic E-state index is 0.441. The van der Waals surface area contributed by atoms with Gasteiger partial charge in [0.25, 0.3) is 10.0 Å². The summed E-state index contributed by atoms with van der Waals surface area (Å²) in [6, 6.07) is 12.1. The summed E-state index contributed by atoms with van der Waals surface area (Å²) in [6.07, 6.45) is 12.0. The van der Waals surface area contributed by atoms with E-state index in [2.05, 4.69) is 30.0 Å². The lowest BCUT2D eigenvalue weighted by atomic mass is 9.87. The Hall–Kier alpha value is -2.29. The summed E-state index contributed by atoms with van der Waals surface area (Å²) < 4.78 is 29.1. The molecule has 170 valence electrons. The van der Waals surface area contributed by atoms with E-state index in [1.54, 1.807) is 4.31 Å². The molecular weight excluding hydrogens is 414 g/mol. The van der Waals surface area contributed by atoms with Gasteiger partial charge < -0.3 is 0 Å². The number of rotatable bonds is 4. The fraction of sp³-hybridized carbons (Fsp3) is 0.464. The molecule has 4 rings (SSSR count). The van der Waals surface area contributed by atoms with Gasteiger partial charge in [0.05, 0.1) is 10.6 Å². The van der Waals surface area contributed by atoms with Gasteiger partial charge in [-0.15, -0.1) is 5.73 Å². The largest absolute Gasteiger partial charge is 0.266 e. The van der Waals surface area contributed by atoms with Gasteiger partial charge in [0.2, 0.25) is 0 Å². The third-order valence-electron chi connectivity index (χ3n) is 7.08. The Bertz CT molecular complexity index is 1140. The molecular formula is C28H35NO2S. The summed E-state index contributed by atoms with van der Waals surface area (Å²) in [6.45, 7) is 6.51. The Morgan fingerprint density at radius 1 is 1.03 bits per heavy atom. The number of para-hydroxylation sites is 1. The van der Waals surface area contributed by atoms with Crippen molar-refractivity contribution in [1.82, 2.24) is 0 Å². The molecule has 0 saturated heterocycles. The Morgan fingerprint density at radius 2 is 1.84 bits per heavy atom. The van der Waals surface area contributed by atoms with E-state index < -0.39 is 10.0 Å². The quantitative estimate of drug-likeness (QED) is 0.378. The molecule has 2 aromatic carbocycles. The molecule has 0 bridgehead atoms. The molecule has 1 fully saturated rings. The first kappa shape index (κ1) is 22.9. The van der Waals surface area contributed by atoms with Crippen molar-refractivity contribution < 1.29 is 8.42 Å². The van der Waals surface area contributed by atoms with Crippen LogP contribution in [0.3, 0.4) is 0 Å². The highest BCUT2D eigenvalue weighted by Gasteiger charge is 2.31. The Morgan fingerprint density at radius 3 is 2.62 bits per heavy atom. The second kappa shape index (κ2) is 9.68. The van der Waals surface area contributed by atoms with Gasteiger partial charge in [-0.2, -0.15) is 0 Å². The molecule has 32 heavy (non-hydrogen) atoms. The highest BCUT2D eigenvalue weighted by molar-refractivity contribution is 7.92. The van der Waals surface area contributed by atoms with Gasteiger partial charge in [-0.05, 0) is 105 Å². The van der Waals surface area contributed by atoms with Gasteiger partial charge in [0.1, 0.15) is 0 Å². The summed E-state index contributed by atoms with van der Waals surface area (Å²) in [5.74, 6) is 1.03. The zero-order valence-electron chi connectivity index (χ0n) is 19.6. The smallest absolute Gasteiger partial charge is 0.264 e. The molecule has 0 spiro atoms. The van der Waals surface area contributed by atoms with Crippen LogP contribution < -0.4 is 4.31 Å². The molecule has 0 aromatic heterocycles. The Kier molecular flexibility index (Phi) is 6.93. The third-order valence-corrected chi connectivity index (χ3v) is 9.04. The van der Waals surface area contributed by atoms with Crippen LogP contribution >= 0.6 is 0 Å². The van der Waals surface area contributed by atoms with Crippen molar-refractivity contribution in [1.29, 1.82) is 0 Å². The molecule has 2 unspecified atom stereocenters. The van der Waals surface area contributed by atoms with Crippen LogP contribution in [0.2, 0.25) is 0 Å². The lowest BCUT2D eigenvalue weighted by Crippen LogP contribution is -2.36. The average Bonchev–Trinajstić information content (AvgIpc) is 3.03. The number of fused-ring (bicyclic) bond motifs is 1. The fourth-order valence-corrected chi connectivity index (χ4v) is 7.28. The second-order valence-electron chi connectivity index (χ2n) is 9.39. The van der Waals surface area contributed by atoms with Crippen LogP contribution in [-0.2, 0) is 16.4 Å². The minimum Gasteiger partial charge on any atom is -0.266 e. The van der Waals surface area contributed by atoms with Gasteiger partial charge in [0, 0.05) is 6.54 Å².